The summed E-state index contributed by atoms with van der Waals surface area (Å²) in [5.74, 6) is -1.14. The molecule has 1 atom stereocenters. The molecule has 1 fully saturated rings. The molecule has 0 saturated carbocycles. The summed E-state index contributed by atoms with van der Waals surface area (Å²) in [5.41, 5.74) is 4.47. The first-order valence-corrected chi connectivity index (χ1v) is 7.47. The number of benzene rings is 1. The molecule has 2 amide bonds. The molecule has 0 bridgehead atoms. The standard InChI is InChI=1S/C15H14ClN3O4/c16-8-3-4-11-9(6-8)13(20)10(7-17-11)14(21)18-19-15(22)12-2-1-5-23-12/h3-4,6-7,12H,1-2,5H2,(H,17,20)(H,18,21)(H,19,22). The van der Waals surface area contributed by atoms with E-state index in [2.05, 4.69) is 15.8 Å². The second-order valence-corrected chi connectivity index (χ2v) is 5.60. The quantitative estimate of drug-likeness (QED) is 0.716. The Morgan fingerprint density at radius 2 is 2.13 bits per heavy atom. The molecule has 1 saturated heterocycles. The van der Waals surface area contributed by atoms with Crippen LogP contribution in [0, 0.1) is 0 Å². The molecule has 2 heterocycles. The Hall–Kier alpha value is -2.38. The van der Waals surface area contributed by atoms with Crippen molar-refractivity contribution in [1.29, 1.82) is 0 Å². The van der Waals surface area contributed by atoms with E-state index in [1.165, 1.54) is 12.3 Å². The molecule has 1 aliphatic rings. The molecule has 2 aromatic rings. The van der Waals surface area contributed by atoms with Crippen LogP contribution in [0.25, 0.3) is 10.9 Å². The van der Waals surface area contributed by atoms with Gasteiger partial charge in [0.2, 0.25) is 5.43 Å². The fraction of sp³-hybridized carbons (Fsp3) is 0.267. The number of hydrogen-bond donors (Lipinski definition) is 3. The molecule has 1 aromatic carbocycles. The number of aromatic nitrogens is 1. The third kappa shape index (κ3) is 3.20. The maximum Gasteiger partial charge on any atom is 0.275 e. The fourth-order valence-corrected chi connectivity index (χ4v) is 2.58. The highest BCUT2D eigenvalue weighted by atomic mass is 35.5. The lowest BCUT2D eigenvalue weighted by Gasteiger charge is -2.11. The van der Waals surface area contributed by atoms with E-state index in [0.717, 1.165) is 6.42 Å². The van der Waals surface area contributed by atoms with Crippen LogP contribution in [0.15, 0.2) is 29.2 Å². The van der Waals surface area contributed by atoms with Gasteiger partial charge in [0, 0.05) is 28.7 Å². The summed E-state index contributed by atoms with van der Waals surface area (Å²) in [5, 5.41) is 0.697. The van der Waals surface area contributed by atoms with Crippen molar-refractivity contribution in [3.8, 4) is 0 Å². The molecule has 8 heteroatoms. The number of rotatable bonds is 2. The van der Waals surface area contributed by atoms with Crippen LogP contribution >= 0.6 is 11.6 Å². The van der Waals surface area contributed by atoms with E-state index >= 15 is 0 Å². The number of carbonyl (C=O) groups is 2. The Kier molecular flexibility index (Phi) is 4.31. The smallest absolute Gasteiger partial charge is 0.275 e. The molecule has 7 nitrogen and oxygen atoms in total. The molecule has 0 spiro atoms. The van der Waals surface area contributed by atoms with E-state index in [-0.39, 0.29) is 5.56 Å². The van der Waals surface area contributed by atoms with Gasteiger partial charge in [0.15, 0.2) is 0 Å². The van der Waals surface area contributed by atoms with E-state index < -0.39 is 23.3 Å². The van der Waals surface area contributed by atoms with Crippen LogP contribution in [0.5, 0.6) is 0 Å². The van der Waals surface area contributed by atoms with Crippen LogP contribution in [0.3, 0.4) is 0 Å². The largest absolute Gasteiger partial charge is 0.368 e. The lowest BCUT2D eigenvalue weighted by Crippen LogP contribution is -2.47. The van der Waals surface area contributed by atoms with Gasteiger partial charge in [-0.1, -0.05) is 11.6 Å². The van der Waals surface area contributed by atoms with Crippen LogP contribution in [-0.4, -0.2) is 29.5 Å². The summed E-state index contributed by atoms with van der Waals surface area (Å²) in [4.78, 5) is 39.1. The highest BCUT2D eigenvalue weighted by Gasteiger charge is 2.24. The number of halogens is 1. The molecule has 3 N–H and O–H groups in total. The number of fused-ring (bicyclic) bond motifs is 1. The second kappa shape index (κ2) is 6.39. The second-order valence-electron chi connectivity index (χ2n) is 5.17. The number of nitrogens with one attached hydrogen (secondary N) is 3. The van der Waals surface area contributed by atoms with Crippen LogP contribution < -0.4 is 16.3 Å². The number of H-pyrrole nitrogens is 1. The predicted molar refractivity (Wildman–Crippen MR) is 84.2 cm³/mol. The van der Waals surface area contributed by atoms with Crippen molar-refractivity contribution in [2.24, 2.45) is 0 Å². The lowest BCUT2D eigenvalue weighted by molar-refractivity contribution is -0.130. The average Bonchev–Trinajstić information content (AvgIpc) is 3.08. The van der Waals surface area contributed by atoms with Crippen molar-refractivity contribution in [1.82, 2.24) is 15.8 Å². The molecule has 1 unspecified atom stereocenters. The zero-order chi connectivity index (χ0) is 16.4. The van der Waals surface area contributed by atoms with Crippen molar-refractivity contribution in [2.75, 3.05) is 6.61 Å². The molecule has 120 valence electrons. The molecular weight excluding hydrogens is 322 g/mol. The maximum atomic E-state index is 12.3. The van der Waals surface area contributed by atoms with Gasteiger partial charge in [-0.25, -0.2) is 0 Å². The highest BCUT2D eigenvalue weighted by molar-refractivity contribution is 6.31. The number of amides is 2. The molecule has 1 aliphatic heterocycles. The van der Waals surface area contributed by atoms with Gasteiger partial charge in [0.1, 0.15) is 11.7 Å². The summed E-state index contributed by atoms with van der Waals surface area (Å²) in [6, 6.07) is 4.78. The van der Waals surface area contributed by atoms with Crippen LogP contribution in [0.4, 0.5) is 0 Å². The number of ether oxygens (including phenoxy) is 1. The van der Waals surface area contributed by atoms with Gasteiger partial charge >= 0.3 is 0 Å². The van der Waals surface area contributed by atoms with Gasteiger partial charge in [-0.2, -0.15) is 0 Å². The first kappa shape index (κ1) is 15.5. The summed E-state index contributed by atoms with van der Waals surface area (Å²) in [6.07, 6.45) is 2.14. The van der Waals surface area contributed by atoms with E-state index in [0.29, 0.717) is 29.0 Å². The van der Waals surface area contributed by atoms with E-state index in [9.17, 15) is 14.4 Å². The Bertz CT molecular complexity index is 827. The van der Waals surface area contributed by atoms with E-state index in [1.807, 2.05) is 0 Å². The average molecular weight is 336 g/mol. The Morgan fingerprint density at radius 1 is 1.30 bits per heavy atom. The first-order chi connectivity index (χ1) is 11.1. The Balaban J connectivity index is 1.77. The molecular formula is C15H14ClN3O4. The third-order valence-electron chi connectivity index (χ3n) is 3.61. The number of hydrogen-bond acceptors (Lipinski definition) is 4. The van der Waals surface area contributed by atoms with Gasteiger partial charge in [-0.3, -0.25) is 25.2 Å². The molecule has 3 rings (SSSR count). The van der Waals surface area contributed by atoms with E-state index in [4.69, 9.17) is 16.3 Å². The zero-order valence-electron chi connectivity index (χ0n) is 12.0. The normalized spacial score (nSPS) is 17.2. The van der Waals surface area contributed by atoms with Crippen LogP contribution in [0.2, 0.25) is 5.02 Å². The van der Waals surface area contributed by atoms with Gasteiger partial charge in [0.25, 0.3) is 11.8 Å². The van der Waals surface area contributed by atoms with Crippen LogP contribution in [0.1, 0.15) is 23.2 Å². The van der Waals surface area contributed by atoms with Crippen molar-refractivity contribution >= 4 is 34.3 Å². The third-order valence-corrected chi connectivity index (χ3v) is 3.84. The van der Waals surface area contributed by atoms with Crippen molar-refractivity contribution in [3.63, 3.8) is 0 Å². The Morgan fingerprint density at radius 3 is 2.87 bits per heavy atom. The number of pyridine rings is 1. The molecule has 1 aromatic heterocycles. The molecule has 0 aliphatic carbocycles. The summed E-state index contributed by atoms with van der Waals surface area (Å²) < 4.78 is 5.20. The van der Waals surface area contributed by atoms with Crippen LogP contribution in [-0.2, 0) is 9.53 Å². The van der Waals surface area contributed by atoms with Gasteiger partial charge in [-0.05, 0) is 31.0 Å². The molecule has 0 radical (unpaired) electrons. The van der Waals surface area contributed by atoms with Crippen molar-refractivity contribution < 1.29 is 14.3 Å². The minimum absolute atomic E-state index is 0.118. The molecule has 23 heavy (non-hydrogen) atoms. The van der Waals surface area contributed by atoms with Gasteiger partial charge < -0.3 is 9.72 Å². The van der Waals surface area contributed by atoms with E-state index in [1.54, 1.807) is 12.1 Å². The minimum Gasteiger partial charge on any atom is -0.368 e. The minimum atomic E-state index is -0.709. The predicted octanol–water partition coefficient (Wildman–Crippen LogP) is 1.12. The Labute approximate surface area is 135 Å². The summed E-state index contributed by atoms with van der Waals surface area (Å²) in [6.45, 7) is 0.525. The van der Waals surface area contributed by atoms with Gasteiger partial charge in [-0.15, -0.1) is 0 Å². The highest BCUT2D eigenvalue weighted by Crippen LogP contribution is 2.15. The fourth-order valence-electron chi connectivity index (χ4n) is 2.41. The van der Waals surface area contributed by atoms with Gasteiger partial charge in [0.05, 0.1) is 0 Å². The van der Waals surface area contributed by atoms with Crippen molar-refractivity contribution in [2.45, 2.75) is 18.9 Å². The monoisotopic (exact) mass is 335 g/mol. The SMILES string of the molecule is O=C(NNC(=O)C1CCCO1)c1c[nH]c2ccc(Cl)cc2c1=O. The topological polar surface area (TPSA) is 100 Å². The summed E-state index contributed by atoms with van der Waals surface area (Å²) >= 11 is 5.87. The number of aromatic amines is 1. The number of carbonyl (C=O) groups excluding carboxylic acids is 2. The van der Waals surface area contributed by atoms with Crippen molar-refractivity contribution in [3.05, 3.63) is 45.2 Å². The number of hydrazine groups is 1. The lowest BCUT2D eigenvalue weighted by atomic mass is 10.1. The first-order valence-electron chi connectivity index (χ1n) is 7.09. The maximum absolute atomic E-state index is 12.3. The summed E-state index contributed by atoms with van der Waals surface area (Å²) in [7, 11) is 0. The zero-order valence-corrected chi connectivity index (χ0v) is 12.8.